The highest BCUT2D eigenvalue weighted by atomic mass is 32.2. The van der Waals surface area contributed by atoms with Crippen LogP contribution in [0.4, 0.5) is 0 Å². The van der Waals surface area contributed by atoms with Gasteiger partial charge in [0.15, 0.2) is 11.0 Å². The van der Waals surface area contributed by atoms with Gasteiger partial charge < -0.3 is 14.2 Å². The summed E-state index contributed by atoms with van der Waals surface area (Å²) in [6.07, 6.45) is 3.48. The Bertz CT molecular complexity index is 942. The molecular formula is C21H23N5O2S. The fraction of sp³-hybridized carbons (Fsp3) is 0.333. The molecule has 1 fully saturated rings. The van der Waals surface area contributed by atoms with Crippen LogP contribution in [-0.4, -0.2) is 56.9 Å². The number of hydrogen-bond acceptors (Lipinski definition) is 6. The molecule has 1 aliphatic rings. The first-order valence-corrected chi connectivity index (χ1v) is 10.6. The van der Waals surface area contributed by atoms with Crippen molar-refractivity contribution in [1.29, 1.82) is 0 Å². The highest BCUT2D eigenvalue weighted by Crippen LogP contribution is 2.37. The molecule has 0 spiro atoms. The molecule has 0 N–H and O–H groups in total. The summed E-state index contributed by atoms with van der Waals surface area (Å²) in [4.78, 5) is 19.3. The maximum atomic E-state index is 13.4. The molecular weight excluding hydrogens is 386 g/mol. The Morgan fingerprint density at radius 3 is 2.52 bits per heavy atom. The van der Waals surface area contributed by atoms with Crippen molar-refractivity contribution in [3.63, 3.8) is 0 Å². The van der Waals surface area contributed by atoms with E-state index in [1.165, 1.54) is 11.8 Å². The van der Waals surface area contributed by atoms with E-state index in [0.29, 0.717) is 32.8 Å². The largest absolute Gasteiger partial charge is 0.378 e. The highest BCUT2D eigenvalue weighted by Gasteiger charge is 2.30. The number of amides is 1. The first kappa shape index (κ1) is 19.6. The van der Waals surface area contributed by atoms with Gasteiger partial charge in [-0.25, -0.2) is 0 Å². The number of nitrogens with zero attached hydrogens (tertiary/aromatic N) is 5. The van der Waals surface area contributed by atoms with Crippen LogP contribution in [0.2, 0.25) is 0 Å². The Morgan fingerprint density at radius 2 is 1.83 bits per heavy atom. The second kappa shape index (κ2) is 9.19. The smallest absolute Gasteiger partial charge is 0.240 e. The number of pyridine rings is 1. The summed E-state index contributed by atoms with van der Waals surface area (Å²) in [5.41, 5.74) is 1.92. The van der Waals surface area contributed by atoms with Crippen LogP contribution in [0.1, 0.15) is 17.7 Å². The third-order valence-corrected chi connectivity index (χ3v) is 6.07. The van der Waals surface area contributed by atoms with Crippen LogP contribution in [0, 0.1) is 0 Å². The summed E-state index contributed by atoms with van der Waals surface area (Å²) in [7, 11) is 0. The van der Waals surface area contributed by atoms with Gasteiger partial charge in [0.1, 0.15) is 5.25 Å². The predicted octanol–water partition coefficient (Wildman–Crippen LogP) is 3.05. The number of hydrogen-bond donors (Lipinski definition) is 0. The second-order valence-corrected chi connectivity index (χ2v) is 7.70. The average molecular weight is 410 g/mol. The van der Waals surface area contributed by atoms with Crippen molar-refractivity contribution in [2.24, 2.45) is 0 Å². The predicted molar refractivity (Wildman–Crippen MR) is 111 cm³/mol. The Balaban J connectivity index is 1.66. The number of aromatic nitrogens is 4. The zero-order valence-electron chi connectivity index (χ0n) is 16.3. The molecule has 8 heteroatoms. The lowest BCUT2D eigenvalue weighted by Gasteiger charge is -2.30. The minimum Gasteiger partial charge on any atom is -0.378 e. The van der Waals surface area contributed by atoms with Gasteiger partial charge in [-0.3, -0.25) is 9.78 Å². The second-order valence-electron chi connectivity index (χ2n) is 6.63. The van der Waals surface area contributed by atoms with Crippen LogP contribution >= 0.6 is 11.8 Å². The van der Waals surface area contributed by atoms with Gasteiger partial charge in [-0.05, 0) is 24.6 Å². The van der Waals surface area contributed by atoms with E-state index in [4.69, 9.17) is 4.74 Å². The van der Waals surface area contributed by atoms with Crippen molar-refractivity contribution >= 4 is 17.7 Å². The van der Waals surface area contributed by atoms with Crippen LogP contribution in [-0.2, 0) is 16.1 Å². The minimum absolute atomic E-state index is 0.0839. The Kier molecular flexibility index (Phi) is 6.21. The SMILES string of the molecule is CCn1c(S[C@H](C(=O)N2CCOCC2)c2ccccc2)nnc1-c1ccncc1. The van der Waals surface area contributed by atoms with Crippen molar-refractivity contribution in [2.75, 3.05) is 26.3 Å². The third-order valence-electron chi connectivity index (χ3n) is 4.84. The van der Waals surface area contributed by atoms with Crippen LogP contribution in [0.5, 0.6) is 0 Å². The number of morpholine rings is 1. The molecule has 7 nitrogen and oxygen atoms in total. The standard InChI is InChI=1S/C21H23N5O2S/c1-2-26-19(17-8-10-22-11-9-17)23-24-21(26)29-18(16-6-4-3-5-7-16)20(27)25-12-14-28-15-13-25/h3-11,18H,2,12-15H2,1H3/t18-/m0/s1. The summed E-state index contributed by atoms with van der Waals surface area (Å²) in [6.45, 7) is 5.15. The zero-order valence-corrected chi connectivity index (χ0v) is 17.1. The molecule has 0 aliphatic carbocycles. The lowest BCUT2D eigenvalue weighted by Crippen LogP contribution is -2.42. The van der Waals surface area contributed by atoms with Crippen LogP contribution in [0.15, 0.2) is 60.0 Å². The van der Waals surface area contributed by atoms with Crippen molar-refractivity contribution in [3.05, 3.63) is 60.4 Å². The van der Waals surface area contributed by atoms with E-state index in [-0.39, 0.29) is 11.2 Å². The van der Waals surface area contributed by atoms with E-state index in [0.717, 1.165) is 22.1 Å². The zero-order chi connectivity index (χ0) is 20.1. The van der Waals surface area contributed by atoms with Crippen molar-refractivity contribution in [1.82, 2.24) is 24.6 Å². The van der Waals surface area contributed by atoms with Gasteiger partial charge >= 0.3 is 0 Å². The van der Waals surface area contributed by atoms with Crippen LogP contribution in [0.25, 0.3) is 11.4 Å². The molecule has 1 aromatic carbocycles. The topological polar surface area (TPSA) is 73.1 Å². The summed E-state index contributed by atoms with van der Waals surface area (Å²) in [5.74, 6) is 0.864. The average Bonchev–Trinajstić information content (AvgIpc) is 3.21. The summed E-state index contributed by atoms with van der Waals surface area (Å²) >= 11 is 1.45. The molecule has 29 heavy (non-hydrogen) atoms. The van der Waals surface area contributed by atoms with Gasteiger partial charge in [0, 0.05) is 37.6 Å². The summed E-state index contributed by atoms with van der Waals surface area (Å²) in [6, 6.07) is 13.7. The normalized spacial score (nSPS) is 15.3. The van der Waals surface area contributed by atoms with E-state index in [1.807, 2.05) is 51.9 Å². The summed E-state index contributed by atoms with van der Waals surface area (Å²) < 4.78 is 7.45. The quantitative estimate of drug-likeness (QED) is 0.583. The first-order valence-electron chi connectivity index (χ1n) is 9.69. The van der Waals surface area contributed by atoms with Crippen LogP contribution in [0.3, 0.4) is 0 Å². The molecule has 0 radical (unpaired) electrons. The fourth-order valence-electron chi connectivity index (χ4n) is 3.32. The lowest BCUT2D eigenvalue weighted by molar-refractivity contribution is -0.134. The third kappa shape index (κ3) is 4.33. The van der Waals surface area contributed by atoms with Gasteiger partial charge in [0.25, 0.3) is 0 Å². The monoisotopic (exact) mass is 409 g/mol. The number of benzene rings is 1. The van der Waals surface area contributed by atoms with Gasteiger partial charge in [-0.1, -0.05) is 42.1 Å². The molecule has 0 unspecified atom stereocenters. The van der Waals surface area contributed by atoms with Gasteiger partial charge in [0.2, 0.25) is 5.91 Å². The fourth-order valence-corrected chi connectivity index (χ4v) is 4.50. The van der Waals surface area contributed by atoms with Crippen molar-refractivity contribution in [2.45, 2.75) is 23.9 Å². The molecule has 1 aliphatic heterocycles. The van der Waals surface area contributed by atoms with E-state index in [9.17, 15) is 4.79 Å². The molecule has 3 aromatic rings. The van der Waals surface area contributed by atoms with E-state index in [1.54, 1.807) is 12.4 Å². The molecule has 0 bridgehead atoms. The maximum Gasteiger partial charge on any atom is 0.240 e. The molecule has 1 saturated heterocycles. The maximum absolute atomic E-state index is 13.4. The van der Waals surface area contributed by atoms with Gasteiger partial charge in [0.05, 0.1) is 13.2 Å². The molecule has 0 saturated carbocycles. The Morgan fingerprint density at radius 1 is 1.10 bits per heavy atom. The highest BCUT2D eigenvalue weighted by molar-refractivity contribution is 8.00. The molecule has 3 heterocycles. The minimum atomic E-state index is -0.380. The van der Waals surface area contributed by atoms with E-state index in [2.05, 4.69) is 22.1 Å². The molecule has 1 atom stereocenters. The van der Waals surface area contributed by atoms with Crippen LogP contribution < -0.4 is 0 Å². The van der Waals surface area contributed by atoms with Crippen molar-refractivity contribution in [3.8, 4) is 11.4 Å². The lowest BCUT2D eigenvalue weighted by atomic mass is 10.1. The van der Waals surface area contributed by atoms with E-state index >= 15 is 0 Å². The first-order chi connectivity index (χ1) is 14.3. The van der Waals surface area contributed by atoms with E-state index < -0.39 is 0 Å². The molecule has 4 rings (SSSR count). The number of ether oxygens (including phenoxy) is 1. The number of rotatable bonds is 6. The summed E-state index contributed by atoms with van der Waals surface area (Å²) in [5, 5.41) is 9.16. The number of carbonyl (C=O) groups is 1. The number of thioether (sulfide) groups is 1. The molecule has 1 amide bonds. The Hall–Kier alpha value is -2.71. The molecule has 150 valence electrons. The Labute approximate surface area is 174 Å². The van der Waals surface area contributed by atoms with Gasteiger partial charge in [-0.2, -0.15) is 0 Å². The van der Waals surface area contributed by atoms with Crippen molar-refractivity contribution < 1.29 is 9.53 Å². The van der Waals surface area contributed by atoms with Gasteiger partial charge in [-0.15, -0.1) is 10.2 Å². The number of carbonyl (C=O) groups excluding carboxylic acids is 1. The molecule has 2 aromatic heterocycles.